The van der Waals surface area contributed by atoms with E-state index in [2.05, 4.69) is 58.9 Å². The maximum Gasteiger partial charge on any atom is 0.233 e. The second kappa shape index (κ2) is 10.2. The second-order valence-corrected chi connectivity index (χ2v) is 9.84. The van der Waals surface area contributed by atoms with Gasteiger partial charge in [-0.15, -0.1) is 10.2 Å². The molecule has 170 valence electrons. The molecule has 1 heterocycles. The molecule has 1 aliphatic carbocycles. The average molecular weight is 460 g/mol. The molecule has 2 aromatic carbocycles. The molecule has 33 heavy (non-hydrogen) atoms. The highest BCUT2D eigenvalue weighted by Gasteiger charge is 2.24. The normalized spacial score (nSPS) is 15.2. The molecular formula is C26H29N5OS. The van der Waals surface area contributed by atoms with Crippen LogP contribution in [0.1, 0.15) is 55.0 Å². The van der Waals surface area contributed by atoms with Crippen molar-refractivity contribution >= 4 is 17.2 Å². The van der Waals surface area contributed by atoms with E-state index < -0.39 is 0 Å². The van der Waals surface area contributed by atoms with E-state index in [9.17, 15) is 10.1 Å². The molecule has 1 aromatic heterocycles. The van der Waals surface area contributed by atoms with Gasteiger partial charge in [-0.25, -0.2) is 0 Å². The van der Waals surface area contributed by atoms with Gasteiger partial charge in [-0.2, -0.15) is 5.26 Å². The first kappa shape index (κ1) is 23.1. The minimum Gasteiger partial charge on any atom is -0.358 e. The van der Waals surface area contributed by atoms with Crippen LogP contribution in [0.5, 0.6) is 0 Å². The fraction of sp³-hybridized carbons (Fsp3) is 0.385. The Kier molecular flexibility index (Phi) is 7.17. The van der Waals surface area contributed by atoms with Crippen molar-refractivity contribution in [1.82, 2.24) is 20.8 Å². The van der Waals surface area contributed by atoms with Gasteiger partial charge in [-0.05, 0) is 54.4 Å². The Balaban J connectivity index is 1.62. The number of nitrogens with one attached hydrogen (secondary N) is 2. The largest absolute Gasteiger partial charge is 0.358 e. The van der Waals surface area contributed by atoms with E-state index in [-0.39, 0.29) is 11.9 Å². The summed E-state index contributed by atoms with van der Waals surface area (Å²) in [6.07, 6.45) is 3.94. The third-order valence-electron chi connectivity index (χ3n) is 6.06. The highest BCUT2D eigenvalue weighted by atomic mass is 32.1. The fourth-order valence-electron chi connectivity index (χ4n) is 4.45. The summed E-state index contributed by atoms with van der Waals surface area (Å²) >= 11 is 1.56. The number of benzene rings is 2. The molecule has 0 radical (unpaired) electrons. The number of aromatic nitrogens is 2. The maximum atomic E-state index is 11.7. The van der Waals surface area contributed by atoms with Gasteiger partial charge in [0.2, 0.25) is 5.91 Å². The van der Waals surface area contributed by atoms with E-state index in [1.54, 1.807) is 18.4 Å². The number of carbonyl (C=O) groups is 1. The van der Waals surface area contributed by atoms with Crippen molar-refractivity contribution in [3.05, 3.63) is 58.7 Å². The number of fused-ring (bicyclic) bond motifs is 1. The summed E-state index contributed by atoms with van der Waals surface area (Å²) < 4.78 is 0. The van der Waals surface area contributed by atoms with Crippen molar-refractivity contribution < 1.29 is 4.79 Å². The molecule has 6 nitrogen and oxygen atoms in total. The summed E-state index contributed by atoms with van der Waals surface area (Å²) in [5.41, 5.74) is 6.35. The van der Waals surface area contributed by atoms with Crippen LogP contribution in [0.4, 0.5) is 0 Å². The topological polar surface area (TPSA) is 90.7 Å². The number of nitriles is 1. The first-order chi connectivity index (χ1) is 16.0. The molecule has 0 saturated heterocycles. The molecule has 3 aromatic rings. The Labute approximate surface area is 199 Å². The van der Waals surface area contributed by atoms with Gasteiger partial charge in [-0.3, -0.25) is 4.79 Å². The van der Waals surface area contributed by atoms with Crippen molar-refractivity contribution in [3.63, 3.8) is 0 Å². The van der Waals surface area contributed by atoms with Crippen LogP contribution in [0, 0.1) is 17.2 Å². The van der Waals surface area contributed by atoms with Gasteiger partial charge in [0, 0.05) is 24.2 Å². The average Bonchev–Trinajstić information content (AvgIpc) is 3.32. The van der Waals surface area contributed by atoms with Crippen LogP contribution in [-0.4, -0.2) is 29.7 Å². The Morgan fingerprint density at radius 3 is 2.82 bits per heavy atom. The van der Waals surface area contributed by atoms with E-state index in [1.165, 1.54) is 11.1 Å². The lowest BCUT2D eigenvalue weighted by molar-refractivity contribution is -0.119. The summed E-state index contributed by atoms with van der Waals surface area (Å²) in [6, 6.07) is 14.8. The third-order valence-corrected chi connectivity index (χ3v) is 7.06. The molecule has 1 aliphatic rings. The molecule has 0 spiro atoms. The number of amides is 1. The van der Waals surface area contributed by atoms with Gasteiger partial charge in [0.15, 0.2) is 0 Å². The Hall–Kier alpha value is -3.08. The number of carbonyl (C=O) groups excluding carboxylic acids is 1. The lowest BCUT2D eigenvalue weighted by Gasteiger charge is -2.27. The van der Waals surface area contributed by atoms with E-state index in [0.717, 1.165) is 52.4 Å². The quantitative estimate of drug-likeness (QED) is 0.536. The first-order valence-electron chi connectivity index (χ1n) is 11.4. The van der Waals surface area contributed by atoms with Gasteiger partial charge in [0.1, 0.15) is 10.0 Å². The van der Waals surface area contributed by atoms with E-state index in [1.807, 2.05) is 18.2 Å². The number of hydrogen-bond acceptors (Lipinski definition) is 6. The predicted molar refractivity (Wildman–Crippen MR) is 132 cm³/mol. The predicted octanol–water partition coefficient (Wildman–Crippen LogP) is 4.66. The SMILES string of the molecule is CNC(=O)CNC1CCCc2c(-c3nnc(-c4ccc(CC(C)C)c(C#N)c4)s3)cccc21. The Bertz CT molecular complexity index is 1190. The molecule has 0 saturated carbocycles. The zero-order valence-electron chi connectivity index (χ0n) is 19.3. The molecule has 7 heteroatoms. The molecule has 1 amide bonds. The molecule has 1 atom stereocenters. The van der Waals surface area contributed by atoms with Gasteiger partial charge < -0.3 is 10.6 Å². The van der Waals surface area contributed by atoms with E-state index in [4.69, 9.17) is 0 Å². The minimum atomic E-state index is -0.0109. The Morgan fingerprint density at radius 2 is 2.06 bits per heavy atom. The van der Waals surface area contributed by atoms with Crippen LogP contribution in [0.25, 0.3) is 21.1 Å². The summed E-state index contributed by atoms with van der Waals surface area (Å²) in [6.45, 7) is 4.62. The van der Waals surface area contributed by atoms with E-state index in [0.29, 0.717) is 18.0 Å². The zero-order chi connectivity index (χ0) is 23.4. The van der Waals surface area contributed by atoms with Crippen molar-refractivity contribution in [2.45, 2.75) is 45.6 Å². The van der Waals surface area contributed by atoms with Gasteiger partial charge in [-0.1, -0.05) is 55.5 Å². The molecule has 2 N–H and O–H groups in total. The van der Waals surface area contributed by atoms with Crippen LogP contribution >= 0.6 is 11.3 Å². The van der Waals surface area contributed by atoms with Crippen LogP contribution < -0.4 is 10.6 Å². The summed E-state index contributed by atoms with van der Waals surface area (Å²) in [4.78, 5) is 11.7. The number of rotatable bonds is 7. The second-order valence-electron chi connectivity index (χ2n) is 8.87. The minimum absolute atomic E-state index is 0.0109. The van der Waals surface area contributed by atoms with E-state index >= 15 is 0 Å². The first-order valence-corrected chi connectivity index (χ1v) is 12.2. The molecule has 0 bridgehead atoms. The monoisotopic (exact) mass is 459 g/mol. The molecule has 0 aliphatic heterocycles. The third kappa shape index (κ3) is 5.13. The van der Waals surface area contributed by atoms with Crippen molar-refractivity contribution in [3.8, 4) is 27.2 Å². The summed E-state index contributed by atoms with van der Waals surface area (Å²) in [5, 5.41) is 26.4. The number of likely N-dealkylation sites (N-methyl/N-ethyl adjacent to an activating group) is 1. The maximum absolute atomic E-state index is 11.7. The summed E-state index contributed by atoms with van der Waals surface area (Å²) in [5.74, 6) is 0.484. The zero-order valence-corrected chi connectivity index (χ0v) is 20.1. The smallest absolute Gasteiger partial charge is 0.233 e. The lowest BCUT2D eigenvalue weighted by Crippen LogP contribution is -2.35. The number of nitrogens with zero attached hydrogens (tertiary/aromatic N) is 3. The highest BCUT2D eigenvalue weighted by molar-refractivity contribution is 7.17. The molecular weight excluding hydrogens is 430 g/mol. The van der Waals surface area contributed by atoms with Crippen molar-refractivity contribution in [2.75, 3.05) is 13.6 Å². The van der Waals surface area contributed by atoms with Crippen LogP contribution in [0.15, 0.2) is 36.4 Å². The van der Waals surface area contributed by atoms with Gasteiger partial charge in [0.05, 0.1) is 18.2 Å². The molecule has 1 unspecified atom stereocenters. The molecule has 0 fully saturated rings. The fourth-order valence-corrected chi connectivity index (χ4v) is 5.34. The summed E-state index contributed by atoms with van der Waals surface area (Å²) in [7, 11) is 1.65. The van der Waals surface area contributed by atoms with Crippen molar-refractivity contribution in [1.29, 1.82) is 5.26 Å². The highest BCUT2D eigenvalue weighted by Crippen LogP contribution is 2.38. The van der Waals surface area contributed by atoms with Gasteiger partial charge in [0.25, 0.3) is 0 Å². The molecule has 4 rings (SSSR count). The van der Waals surface area contributed by atoms with Crippen molar-refractivity contribution in [2.24, 2.45) is 5.92 Å². The van der Waals surface area contributed by atoms with Crippen LogP contribution in [-0.2, 0) is 17.6 Å². The standard InChI is InChI=1S/C26H29N5OS/c1-16(2)12-17-10-11-18(13-19(17)14-27)25-30-31-26(33-25)22-8-4-7-21-20(22)6-5-9-23(21)29-15-24(32)28-3/h4,7-8,10-11,13,16,23,29H,5-6,9,12,15H2,1-3H3,(H,28,32). The Morgan fingerprint density at radius 1 is 1.24 bits per heavy atom. The number of hydrogen-bond donors (Lipinski definition) is 2. The van der Waals surface area contributed by atoms with Crippen LogP contribution in [0.2, 0.25) is 0 Å². The van der Waals surface area contributed by atoms with Gasteiger partial charge >= 0.3 is 0 Å². The lowest BCUT2D eigenvalue weighted by atomic mass is 9.85. The van der Waals surface area contributed by atoms with Crippen LogP contribution in [0.3, 0.4) is 0 Å².